The fraction of sp³-hybridized carbons (Fsp3) is 0.647. The summed E-state index contributed by atoms with van der Waals surface area (Å²) in [5.41, 5.74) is 0. The SMILES string of the molecule is CCC[C@H]1CCCN([C@@H](C)c2nnc(-c3cccs3)o2)CC1. The van der Waals surface area contributed by atoms with E-state index in [2.05, 4.69) is 28.9 Å². The van der Waals surface area contributed by atoms with Gasteiger partial charge < -0.3 is 4.42 Å². The highest BCUT2D eigenvalue weighted by Gasteiger charge is 2.25. The van der Waals surface area contributed by atoms with Crippen LogP contribution in [-0.2, 0) is 0 Å². The van der Waals surface area contributed by atoms with Gasteiger partial charge in [0.05, 0.1) is 10.9 Å². The van der Waals surface area contributed by atoms with Crippen molar-refractivity contribution in [1.29, 1.82) is 0 Å². The molecular weight excluding hydrogens is 294 g/mol. The Kier molecular flexibility index (Phi) is 5.26. The molecule has 0 saturated carbocycles. The Morgan fingerprint density at radius 2 is 2.27 bits per heavy atom. The summed E-state index contributed by atoms with van der Waals surface area (Å²) in [6.45, 7) is 6.75. The van der Waals surface area contributed by atoms with Crippen LogP contribution in [0.4, 0.5) is 0 Å². The summed E-state index contributed by atoms with van der Waals surface area (Å²) in [6, 6.07) is 4.24. The Balaban J connectivity index is 1.65. The molecule has 0 bridgehead atoms. The van der Waals surface area contributed by atoms with Gasteiger partial charge in [0.25, 0.3) is 5.89 Å². The molecule has 2 aromatic heterocycles. The molecule has 0 spiro atoms. The molecular formula is C17H25N3OS. The smallest absolute Gasteiger partial charge is 0.257 e. The van der Waals surface area contributed by atoms with Gasteiger partial charge in [0.1, 0.15) is 0 Å². The van der Waals surface area contributed by atoms with E-state index in [4.69, 9.17) is 4.42 Å². The van der Waals surface area contributed by atoms with Crippen LogP contribution in [0.1, 0.15) is 57.9 Å². The quantitative estimate of drug-likeness (QED) is 0.796. The maximum absolute atomic E-state index is 5.90. The van der Waals surface area contributed by atoms with Crippen molar-refractivity contribution in [2.75, 3.05) is 13.1 Å². The third-order valence-electron chi connectivity index (χ3n) is 4.66. The molecule has 5 heteroatoms. The fourth-order valence-corrected chi connectivity index (χ4v) is 3.98. The second-order valence-electron chi connectivity index (χ2n) is 6.22. The molecule has 0 amide bonds. The van der Waals surface area contributed by atoms with Gasteiger partial charge in [-0.25, -0.2) is 0 Å². The number of thiophene rings is 1. The normalized spacial score (nSPS) is 21.6. The van der Waals surface area contributed by atoms with Crippen molar-refractivity contribution >= 4 is 11.3 Å². The average Bonchev–Trinajstić information content (AvgIpc) is 3.16. The van der Waals surface area contributed by atoms with Crippen molar-refractivity contribution in [3.63, 3.8) is 0 Å². The Morgan fingerprint density at radius 1 is 1.36 bits per heavy atom. The predicted octanol–water partition coefficient (Wildman–Crippen LogP) is 4.76. The molecule has 0 N–H and O–H groups in total. The summed E-state index contributed by atoms with van der Waals surface area (Å²) < 4.78 is 5.90. The number of rotatable bonds is 5. The van der Waals surface area contributed by atoms with Crippen LogP contribution in [0, 0.1) is 5.92 Å². The molecule has 0 radical (unpaired) electrons. The number of hydrogen-bond donors (Lipinski definition) is 0. The number of aromatic nitrogens is 2. The highest BCUT2D eigenvalue weighted by atomic mass is 32.1. The number of likely N-dealkylation sites (tertiary alicyclic amines) is 1. The van der Waals surface area contributed by atoms with Gasteiger partial charge in [-0.05, 0) is 56.6 Å². The van der Waals surface area contributed by atoms with Crippen LogP contribution in [0.25, 0.3) is 10.8 Å². The van der Waals surface area contributed by atoms with E-state index in [1.165, 1.54) is 32.1 Å². The lowest BCUT2D eigenvalue weighted by molar-refractivity contribution is 0.188. The van der Waals surface area contributed by atoms with Gasteiger partial charge in [-0.1, -0.05) is 25.8 Å². The van der Waals surface area contributed by atoms with E-state index in [0.717, 1.165) is 29.8 Å². The van der Waals surface area contributed by atoms with Gasteiger partial charge in [-0.15, -0.1) is 21.5 Å². The molecule has 22 heavy (non-hydrogen) atoms. The standard InChI is InChI=1S/C17H25N3OS/c1-3-6-14-7-4-10-20(11-9-14)13(2)16-18-19-17(21-16)15-8-5-12-22-15/h5,8,12-14H,3-4,6-7,9-11H2,1-2H3/t13-,14-/m0/s1. The minimum Gasteiger partial charge on any atom is -0.418 e. The van der Waals surface area contributed by atoms with Crippen LogP contribution in [0.15, 0.2) is 21.9 Å². The molecule has 1 fully saturated rings. The molecule has 120 valence electrons. The van der Waals surface area contributed by atoms with Gasteiger partial charge in [-0.2, -0.15) is 0 Å². The summed E-state index contributed by atoms with van der Waals surface area (Å²) in [6.07, 6.45) is 6.60. The molecule has 2 atom stereocenters. The van der Waals surface area contributed by atoms with Crippen molar-refractivity contribution < 1.29 is 4.42 Å². The lowest BCUT2D eigenvalue weighted by atomic mass is 9.96. The molecule has 1 aliphatic heterocycles. The maximum Gasteiger partial charge on any atom is 0.257 e. The van der Waals surface area contributed by atoms with Crippen molar-refractivity contribution in [3.05, 3.63) is 23.4 Å². The zero-order valence-electron chi connectivity index (χ0n) is 13.5. The highest BCUT2D eigenvalue weighted by molar-refractivity contribution is 7.13. The van der Waals surface area contributed by atoms with Crippen molar-refractivity contribution in [2.45, 2.75) is 52.0 Å². The second-order valence-corrected chi connectivity index (χ2v) is 7.17. The van der Waals surface area contributed by atoms with Gasteiger partial charge in [0.15, 0.2) is 0 Å². The van der Waals surface area contributed by atoms with Gasteiger partial charge >= 0.3 is 0 Å². The van der Waals surface area contributed by atoms with Crippen molar-refractivity contribution in [3.8, 4) is 10.8 Å². The molecule has 0 aromatic carbocycles. The predicted molar refractivity (Wildman–Crippen MR) is 89.8 cm³/mol. The van der Waals surface area contributed by atoms with Crippen LogP contribution in [0.2, 0.25) is 0 Å². The monoisotopic (exact) mass is 319 g/mol. The van der Waals surface area contributed by atoms with Crippen LogP contribution in [-0.4, -0.2) is 28.2 Å². The van der Waals surface area contributed by atoms with E-state index in [1.807, 2.05) is 17.5 Å². The third-order valence-corrected chi connectivity index (χ3v) is 5.51. The average molecular weight is 319 g/mol. The summed E-state index contributed by atoms with van der Waals surface area (Å²) in [5, 5.41) is 10.5. The first-order chi connectivity index (χ1) is 10.8. The molecule has 3 rings (SSSR count). The minimum atomic E-state index is 0.210. The van der Waals surface area contributed by atoms with Gasteiger partial charge in [0.2, 0.25) is 5.89 Å². The lowest BCUT2D eigenvalue weighted by Gasteiger charge is -2.24. The fourth-order valence-electron chi connectivity index (χ4n) is 3.33. The first-order valence-electron chi connectivity index (χ1n) is 8.39. The molecule has 2 aromatic rings. The van der Waals surface area contributed by atoms with Crippen LogP contribution >= 0.6 is 11.3 Å². The largest absolute Gasteiger partial charge is 0.418 e. The van der Waals surface area contributed by atoms with Crippen molar-refractivity contribution in [1.82, 2.24) is 15.1 Å². The first kappa shape index (κ1) is 15.7. The lowest BCUT2D eigenvalue weighted by Crippen LogP contribution is -2.28. The van der Waals surface area contributed by atoms with Gasteiger partial charge in [0, 0.05) is 0 Å². The van der Waals surface area contributed by atoms with E-state index in [0.29, 0.717) is 5.89 Å². The van der Waals surface area contributed by atoms with Crippen LogP contribution in [0.5, 0.6) is 0 Å². The maximum atomic E-state index is 5.90. The Bertz CT molecular complexity index is 566. The molecule has 4 nitrogen and oxygen atoms in total. The van der Waals surface area contributed by atoms with E-state index in [9.17, 15) is 0 Å². The minimum absolute atomic E-state index is 0.210. The zero-order valence-corrected chi connectivity index (χ0v) is 14.3. The van der Waals surface area contributed by atoms with E-state index in [-0.39, 0.29) is 6.04 Å². The summed E-state index contributed by atoms with van der Waals surface area (Å²) in [4.78, 5) is 3.55. The molecule has 0 aliphatic carbocycles. The topological polar surface area (TPSA) is 42.2 Å². The van der Waals surface area contributed by atoms with Gasteiger partial charge in [-0.3, -0.25) is 4.90 Å². The molecule has 1 aliphatic rings. The Morgan fingerprint density at radius 3 is 3.05 bits per heavy atom. The second kappa shape index (κ2) is 7.38. The van der Waals surface area contributed by atoms with Crippen molar-refractivity contribution in [2.24, 2.45) is 5.92 Å². The Labute approximate surface area is 136 Å². The molecule has 3 heterocycles. The highest BCUT2D eigenvalue weighted by Crippen LogP contribution is 2.29. The van der Waals surface area contributed by atoms with E-state index < -0.39 is 0 Å². The zero-order chi connectivity index (χ0) is 15.4. The molecule has 1 saturated heterocycles. The Hall–Kier alpha value is -1.20. The summed E-state index contributed by atoms with van der Waals surface area (Å²) in [5.74, 6) is 2.29. The van der Waals surface area contributed by atoms with Crippen LogP contribution in [0.3, 0.4) is 0 Å². The third kappa shape index (κ3) is 3.58. The summed E-state index contributed by atoms with van der Waals surface area (Å²) >= 11 is 1.64. The number of hydrogen-bond acceptors (Lipinski definition) is 5. The van der Waals surface area contributed by atoms with E-state index >= 15 is 0 Å². The first-order valence-corrected chi connectivity index (χ1v) is 9.27. The van der Waals surface area contributed by atoms with E-state index in [1.54, 1.807) is 11.3 Å². The van der Waals surface area contributed by atoms with Crippen LogP contribution < -0.4 is 0 Å². The summed E-state index contributed by atoms with van der Waals surface area (Å²) in [7, 11) is 0. The number of nitrogens with zero attached hydrogens (tertiary/aromatic N) is 3. The molecule has 0 unspecified atom stereocenters.